The smallest absolute Gasteiger partial charge is 0.319 e. The van der Waals surface area contributed by atoms with E-state index in [4.69, 9.17) is 0 Å². The zero-order valence-electron chi connectivity index (χ0n) is 12.0. The number of piperidine rings is 1. The van der Waals surface area contributed by atoms with Gasteiger partial charge in [0.25, 0.3) is 0 Å². The minimum atomic E-state index is -3.30. The lowest BCUT2D eigenvalue weighted by Gasteiger charge is -2.31. The van der Waals surface area contributed by atoms with E-state index in [-0.39, 0.29) is 18.3 Å². The molecule has 0 bridgehead atoms. The van der Waals surface area contributed by atoms with Crippen LogP contribution in [0.4, 0.5) is 19.3 Å². The molecule has 0 aliphatic carbocycles. The standard InChI is InChI=1S/C13H17F2N3O3S/c1-22(20,21)18-4-2-3-11(8-18)16-13(19)17-12-6-9(14)5-10(15)7-12/h5-7,11H,2-4,8H2,1H3,(H2,16,17,19)/t11-/m1/s1. The summed E-state index contributed by atoms with van der Waals surface area (Å²) >= 11 is 0. The predicted molar refractivity (Wildman–Crippen MR) is 78.0 cm³/mol. The Morgan fingerprint density at radius 3 is 2.50 bits per heavy atom. The fourth-order valence-corrected chi connectivity index (χ4v) is 3.25. The highest BCUT2D eigenvalue weighted by molar-refractivity contribution is 7.88. The van der Waals surface area contributed by atoms with Crippen LogP contribution in [-0.4, -0.2) is 44.1 Å². The van der Waals surface area contributed by atoms with Gasteiger partial charge in [0.2, 0.25) is 10.0 Å². The van der Waals surface area contributed by atoms with E-state index in [0.717, 1.165) is 18.4 Å². The van der Waals surface area contributed by atoms with Crippen molar-refractivity contribution >= 4 is 21.7 Å². The first-order valence-electron chi connectivity index (χ1n) is 6.73. The van der Waals surface area contributed by atoms with Crippen molar-refractivity contribution in [2.24, 2.45) is 0 Å². The predicted octanol–water partition coefficient (Wildman–Crippen LogP) is 1.51. The van der Waals surface area contributed by atoms with Crippen molar-refractivity contribution in [3.8, 4) is 0 Å². The summed E-state index contributed by atoms with van der Waals surface area (Å²) in [6.45, 7) is 0.609. The first-order chi connectivity index (χ1) is 10.2. The maximum atomic E-state index is 13.0. The first kappa shape index (κ1) is 16.6. The maximum absolute atomic E-state index is 13.0. The SMILES string of the molecule is CS(=O)(=O)N1CCC[C@@H](NC(=O)Nc2cc(F)cc(F)c2)C1. The molecule has 122 valence electrons. The van der Waals surface area contributed by atoms with E-state index in [1.807, 2.05) is 0 Å². The summed E-state index contributed by atoms with van der Waals surface area (Å²) in [6, 6.07) is 1.71. The molecular formula is C13H17F2N3O3S. The summed E-state index contributed by atoms with van der Waals surface area (Å²) in [5.74, 6) is -1.59. The van der Waals surface area contributed by atoms with Crippen molar-refractivity contribution in [3.63, 3.8) is 0 Å². The summed E-state index contributed by atoms with van der Waals surface area (Å²) < 4.78 is 50.4. The van der Waals surface area contributed by atoms with Gasteiger partial charge in [-0.25, -0.2) is 26.3 Å². The first-order valence-corrected chi connectivity index (χ1v) is 8.57. The highest BCUT2D eigenvalue weighted by Crippen LogP contribution is 2.15. The molecule has 2 N–H and O–H groups in total. The van der Waals surface area contributed by atoms with Gasteiger partial charge in [0, 0.05) is 30.9 Å². The second kappa shape index (κ2) is 6.57. The topological polar surface area (TPSA) is 78.5 Å². The summed E-state index contributed by atoms with van der Waals surface area (Å²) in [5, 5.41) is 4.93. The number of nitrogens with one attached hydrogen (secondary N) is 2. The molecule has 6 nitrogen and oxygen atoms in total. The van der Waals surface area contributed by atoms with E-state index in [0.29, 0.717) is 25.5 Å². The number of urea groups is 1. The molecule has 0 unspecified atom stereocenters. The van der Waals surface area contributed by atoms with E-state index < -0.39 is 27.7 Å². The van der Waals surface area contributed by atoms with E-state index in [1.54, 1.807) is 0 Å². The monoisotopic (exact) mass is 333 g/mol. The Kier molecular flexibility index (Phi) is 4.97. The van der Waals surface area contributed by atoms with Gasteiger partial charge in [0.05, 0.1) is 6.26 Å². The molecule has 22 heavy (non-hydrogen) atoms. The van der Waals surface area contributed by atoms with Crippen molar-refractivity contribution in [1.82, 2.24) is 9.62 Å². The number of nitrogens with zero attached hydrogens (tertiary/aromatic N) is 1. The number of carbonyl (C=O) groups excluding carboxylic acids is 1. The Labute approximate surface area is 127 Å². The normalized spacial score (nSPS) is 19.7. The Morgan fingerprint density at radius 2 is 1.91 bits per heavy atom. The van der Waals surface area contributed by atoms with Crippen LogP contribution in [0.1, 0.15) is 12.8 Å². The molecule has 1 aliphatic rings. The van der Waals surface area contributed by atoms with Crippen LogP contribution < -0.4 is 10.6 Å². The van der Waals surface area contributed by atoms with Gasteiger partial charge >= 0.3 is 6.03 Å². The molecule has 1 heterocycles. The number of halogens is 2. The van der Waals surface area contributed by atoms with Crippen LogP contribution in [-0.2, 0) is 10.0 Å². The van der Waals surface area contributed by atoms with E-state index in [1.165, 1.54) is 4.31 Å². The van der Waals surface area contributed by atoms with Crippen LogP contribution in [0.2, 0.25) is 0 Å². The zero-order valence-corrected chi connectivity index (χ0v) is 12.8. The largest absolute Gasteiger partial charge is 0.334 e. The molecular weight excluding hydrogens is 316 g/mol. The lowest BCUT2D eigenvalue weighted by atomic mass is 10.1. The van der Waals surface area contributed by atoms with Crippen molar-refractivity contribution in [1.29, 1.82) is 0 Å². The third-order valence-corrected chi connectivity index (χ3v) is 4.58. The Bertz CT molecular complexity index is 646. The molecule has 1 aromatic carbocycles. The lowest BCUT2D eigenvalue weighted by Crippen LogP contribution is -2.50. The molecule has 2 rings (SSSR count). The Morgan fingerprint density at radius 1 is 1.27 bits per heavy atom. The van der Waals surface area contributed by atoms with E-state index in [2.05, 4.69) is 10.6 Å². The molecule has 0 aromatic heterocycles. The number of rotatable bonds is 3. The second-order valence-electron chi connectivity index (χ2n) is 5.22. The number of carbonyl (C=O) groups is 1. The van der Waals surface area contributed by atoms with E-state index >= 15 is 0 Å². The number of hydrogen-bond acceptors (Lipinski definition) is 3. The molecule has 0 saturated carbocycles. The van der Waals surface area contributed by atoms with Gasteiger partial charge < -0.3 is 10.6 Å². The van der Waals surface area contributed by atoms with Crippen LogP contribution in [0, 0.1) is 11.6 Å². The molecule has 1 aliphatic heterocycles. The van der Waals surface area contributed by atoms with Crippen molar-refractivity contribution in [2.75, 3.05) is 24.7 Å². The van der Waals surface area contributed by atoms with Gasteiger partial charge in [-0.05, 0) is 25.0 Å². The third-order valence-electron chi connectivity index (χ3n) is 3.31. The Hall–Kier alpha value is -1.74. The van der Waals surface area contributed by atoms with Crippen LogP contribution in [0.3, 0.4) is 0 Å². The molecule has 1 saturated heterocycles. The maximum Gasteiger partial charge on any atom is 0.319 e. The van der Waals surface area contributed by atoms with Gasteiger partial charge in [0.15, 0.2) is 0 Å². The summed E-state index contributed by atoms with van der Waals surface area (Å²) in [6.07, 6.45) is 2.38. The minimum absolute atomic E-state index is 0.00854. The summed E-state index contributed by atoms with van der Waals surface area (Å²) in [7, 11) is -3.30. The molecule has 1 aromatic rings. The summed E-state index contributed by atoms with van der Waals surface area (Å²) in [4.78, 5) is 11.8. The fraction of sp³-hybridized carbons (Fsp3) is 0.462. The number of amides is 2. The number of benzene rings is 1. The van der Waals surface area contributed by atoms with Crippen molar-refractivity contribution in [2.45, 2.75) is 18.9 Å². The molecule has 1 atom stereocenters. The van der Waals surface area contributed by atoms with Crippen LogP contribution in [0.25, 0.3) is 0 Å². The quantitative estimate of drug-likeness (QED) is 0.880. The van der Waals surface area contributed by atoms with E-state index in [9.17, 15) is 22.0 Å². The van der Waals surface area contributed by atoms with Crippen molar-refractivity contribution in [3.05, 3.63) is 29.8 Å². The van der Waals surface area contributed by atoms with Crippen LogP contribution in [0.5, 0.6) is 0 Å². The highest BCUT2D eigenvalue weighted by atomic mass is 32.2. The van der Waals surface area contributed by atoms with Gasteiger partial charge in [-0.2, -0.15) is 0 Å². The number of sulfonamides is 1. The third kappa shape index (κ3) is 4.63. The van der Waals surface area contributed by atoms with Crippen molar-refractivity contribution < 1.29 is 22.0 Å². The van der Waals surface area contributed by atoms with Gasteiger partial charge in [-0.3, -0.25) is 0 Å². The average Bonchev–Trinajstić information content (AvgIpc) is 2.36. The molecule has 0 radical (unpaired) electrons. The molecule has 1 fully saturated rings. The lowest BCUT2D eigenvalue weighted by molar-refractivity contribution is 0.236. The minimum Gasteiger partial charge on any atom is -0.334 e. The second-order valence-corrected chi connectivity index (χ2v) is 7.20. The number of anilines is 1. The highest BCUT2D eigenvalue weighted by Gasteiger charge is 2.26. The fourth-order valence-electron chi connectivity index (χ4n) is 2.34. The van der Waals surface area contributed by atoms with Crippen LogP contribution >= 0.6 is 0 Å². The van der Waals surface area contributed by atoms with Gasteiger partial charge in [-0.15, -0.1) is 0 Å². The van der Waals surface area contributed by atoms with Gasteiger partial charge in [0.1, 0.15) is 11.6 Å². The molecule has 2 amide bonds. The zero-order chi connectivity index (χ0) is 16.3. The number of hydrogen-bond donors (Lipinski definition) is 2. The Balaban J connectivity index is 1.94. The average molecular weight is 333 g/mol. The molecule has 0 spiro atoms. The van der Waals surface area contributed by atoms with Crippen LogP contribution in [0.15, 0.2) is 18.2 Å². The molecule has 9 heteroatoms. The van der Waals surface area contributed by atoms with Gasteiger partial charge in [-0.1, -0.05) is 0 Å². The summed E-state index contributed by atoms with van der Waals surface area (Å²) in [5.41, 5.74) is -0.00854.